The lowest BCUT2D eigenvalue weighted by atomic mass is 9.95. The Balaban J connectivity index is 1.32. The van der Waals surface area contributed by atoms with Gasteiger partial charge < -0.3 is 19.7 Å². The SMILES string of the molecule is Cc1ccc(OCCN(C)C(=O)OC(C)(C)C)cc1C(=O)NC1(c2cc(-c3cccs3)cc3ncccc23)CC1. The molecule has 208 valence electrons. The van der Waals surface area contributed by atoms with E-state index in [2.05, 4.69) is 39.9 Å². The molecule has 0 bridgehead atoms. The second kappa shape index (κ2) is 10.9. The first kappa shape index (κ1) is 27.6. The van der Waals surface area contributed by atoms with Gasteiger partial charge in [0.15, 0.2) is 0 Å². The Hall–Kier alpha value is -3.91. The lowest BCUT2D eigenvalue weighted by Crippen LogP contribution is -2.36. The zero-order valence-corrected chi connectivity index (χ0v) is 24.4. The standard InChI is InChI=1S/C32H35N3O4S/c1-21-10-11-23(38-16-15-35(5)30(37)39-31(2,3)4)20-25(21)29(36)34-32(12-13-32)26-18-22(28-9-7-17-40-28)19-27-24(26)8-6-14-33-27/h6-11,14,17-20H,12-13,15-16H2,1-5H3,(H,34,36). The lowest BCUT2D eigenvalue weighted by molar-refractivity contribution is 0.0278. The van der Waals surface area contributed by atoms with Gasteiger partial charge in [0.05, 0.1) is 17.6 Å². The largest absolute Gasteiger partial charge is 0.492 e. The number of amides is 2. The van der Waals surface area contributed by atoms with Gasteiger partial charge in [-0.3, -0.25) is 9.78 Å². The number of likely N-dealkylation sites (N-methyl/N-ethyl adjacent to an activating group) is 1. The Kier molecular flexibility index (Phi) is 7.55. The van der Waals surface area contributed by atoms with Crippen molar-refractivity contribution in [2.75, 3.05) is 20.2 Å². The molecule has 2 heterocycles. The number of fused-ring (bicyclic) bond motifs is 1. The van der Waals surface area contributed by atoms with Crippen molar-refractivity contribution in [2.24, 2.45) is 0 Å². The molecule has 8 heteroatoms. The molecule has 0 saturated heterocycles. The predicted molar refractivity (Wildman–Crippen MR) is 159 cm³/mol. The van der Waals surface area contributed by atoms with Crippen LogP contribution >= 0.6 is 11.3 Å². The topological polar surface area (TPSA) is 80.8 Å². The smallest absolute Gasteiger partial charge is 0.410 e. The highest BCUT2D eigenvalue weighted by Crippen LogP contribution is 2.49. The number of benzene rings is 2. The third kappa shape index (κ3) is 6.12. The Bertz CT molecular complexity index is 1540. The number of ether oxygens (including phenoxy) is 2. The van der Waals surface area contributed by atoms with Crippen LogP contribution < -0.4 is 10.1 Å². The van der Waals surface area contributed by atoms with Gasteiger partial charge in [-0.1, -0.05) is 18.2 Å². The maximum absolute atomic E-state index is 13.7. The molecule has 4 aromatic rings. The van der Waals surface area contributed by atoms with Crippen molar-refractivity contribution in [1.29, 1.82) is 0 Å². The van der Waals surface area contributed by atoms with E-state index in [-0.39, 0.29) is 12.5 Å². The number of thiophene rings is 1. The van der Waals surface area contributed by atoms with Crippen LogP contribution in [0.1, 0.15) is 55.1 Å². The molecule has 7 nitrogen and oxygen atoms in total. The summed E-state index contributed by atoms with van der Waals surface area (Å²) in [7, 11) is 1.67. The van der Waals surface area contributed by atoms with E-state index < -0.39 is 17.2 Å². The molecule has 1 aliphatic rings. The van der Waals surface area contributed by atoms with Crippen LogP contribution in [0.2, 0.25) is 0 Å². The summed E-state index contributed by atoms with van der Waals surface area (Å²) in [5.41, 5.74) is 3.58. The van der Waals surface area contributed by atoms with Crippen LogP contribution in [-0.2, 0) is 10.3 Å². The van der Waals surface area contributed by atoms with Crippen molar-refractivity contribution in [1.82, 2.24) is 15.2 Å². The predicted octanol–water partition coefficient (Wildman–Crippen LogP) is 6.94. The average Bonchev–Trinajstić information content (AvgIpc) is 3.47. The highest BCUT2D eigenvalue weighted by molar-refractivity contribution is 7.13. The summed E-state index contributed by atoms with van der Waals surface area (Å²) in [5, 5.41) is 6.48. The Morgan fingerprint density at radius 1 is 1.10 bits per heavy atom. The number of nitrogens with zero attached hydrogens (tertiary/aromatic N) is 2. The summed E-state index contributed by atoms with van der Waals surface area (Å²) in [5.74, 6) is 0.442. The Labute approximate surface area is 239 Å². The molecule has 1 aliphatic carbocycles. The summed E-state index contributed by atoms with van der Waals surface area (Å²) in [6.07, 6.45) is 3.13. The first-order valence-corrected chi connectivity index (χ1v) is 14.4. The normalized spacial score (nSPS) is 14.0. The monoisotopic (exact) mass is 557 g/mol. The van der Waals surface area contributed by atoms with Crippen molar-refractivity contribution < 1.29 is 19.1 Å². The molecule has 2 amide bonds. The number of hydrogen-bond donors (Lipinski definition) is 1. The van der Waals surface area contributed by atoms with Crippen LogP contribution in [0.3, 0.4) is 0 Å². The average molecular weight is 558 g/mol. The summed E-state index contributed by atoms with van der Waals surface area (Å²) in [6, 6.07) is 18.0. The second-order valence-corrected chi connectivity index (χ2v) is 12.3. The minimum Gasteiger partial charge on any atom is -0.492 e. The molecule has 0 unspecified atom stereocenters. The van der Waals surface area contributed by atoms with E-state index in [1.807, 2.05) is 58.2 Å². The number of carbonyl (C=O) groups is 2. The number of rotatable bonds is 8. The zero-order valence-electron chi connectivity index (χ0n) is 23.6. The fraction of sp³-hybridized carbons (Fsp3) is 0.344. The quantitative estimate of drug-likeness (QED) is 0.254. The molecule has 0 spiro atoms. The minimum absolute atomic E-state index is 0.134. The number of nitrogens with one attached hydrogen (secondary N) is 1. The van der Waals surface area contributed by atoms with E-state index in [0.717, 1.165) is 40.4 Å². The van der Waals surface area contributed by atoms with Crippen LogP contribution in [0.5, 0.6) is 5.75 Å². The van der Waals surface area contributed by atoms with Crippen LogP contribution in [0.4, 0.5) is 4.79 Å². The van der Waals surface area contributed by atoms with Crippen LogP contribution in [-0.4, -0.2) is 47.7 Å². The number of carbonyl (C=O) groups excluding carboxylic acids is 2. The third-order valence-electron chi connectivity index (χ3n) is 7.00. The molecule has 2 aromatic heterocycles. The molecule has 2 aromatic carbocycles. The van der Waals surface area contributed by atoms with E-state index in [0.29, 0.717) is 17.9 Å². The number of pyridine rings is 1. The van der Waals surface area contributed by atoms with Gasteiger partial charge in [-0.05, 0) is 99.0 Å². The molecule has 0 radical (unpaired) electrons. The summed E-state index contributed by atoms with van der Waals surface area (Å²) < 4.78 is 11.3. The zero-order chi connectivity index (χ0) is 28.5. The van der Waals surface area contributed by atoms with Gasteiger partial charge in [0.25, 0.3) is 5.91 Å². The molecule has 1 saturated carbocycles. The lowest BCUT2D eigenvalue weighted by Gasteiger charge is -2.24. The second-order valence-electron chi connectivity index (χ2n) is 11.3. The van der Waals surface area contributed by atoms with Crippen molar-refractivity contribution in [2.45, 2.75) is 51.7 Å². The van der Waals surface area contributed by atoms with Gasteiger partial charge in [0.1, 0.15) is 18.0 Å². The van der Waals surface area contributed by atoms with E-state index >= 15 is 0 Å². The van der Waals surface area contributed by atoms with E-state index in [1.54, 1.807) is 24.5 Å². The van der Waals surface area contributed by atoms with E-state index in [1.165, 1.54) is 9.78 Å². The summed E-state index contributed by atoms with van der Waals surface area (Å²) in [4.78, 5) is 33.1. The fourth-order valence-electron chi connectivity index (χ4n) is 4.70. The molecule has 0 aliphatic heterocycles. The van der Waals surface area contributed by atoms with Gasteiger partial charge in [-0.2, -0.15) is 0 Å². The van der Waals surface area contributed by atoms with Crippen LogP contribution in [0, 0.1) is 6.92 Å². The number of hydrogen-bond acceptors (Lipinski definition) is 6. The van der Waals surface area contributed by atoms with Gasteiger partial charge >= 0.3 is 6.09 Å². The Morgan fingerprint density at radius 3 is 2.60 bits per heavy atom. The molecule has 1 N–H and O–H groups in total. The van der Waals surface area contributed by atoms with Gasteiger partial charge in [0.2, 0.25) is 0 Å². The maximum atomic E-state index is 13.7. The molecule has 0 atom stereocenters. The van der Waals surface area contributed by atoms with Gasteiger partial charge in [0, 0.05) is 29.1 Å². The van der Waals surface area contributed by atoms with Gasteiger partial charge in [-0.15, -0.1) is 11.3 Å². The minimum atomic E-state index is -0.557. The highest BCUT2D eigenvalue weighted by atomic mass is 32.1. The third-order valence-corrected chi connectivity index (χ3v) is 7.92. The molecule has 40 heavy (non-hydrogen) atoms. The molecular weight excluding hydrogens is 522 g/mol. The van der Waals surface area contributed by atoms with Crippen LogP contribution in [0.25, 0.3) is 21.3 Å². The van der Waals surface area contributed by atoms with Gasteiger partial charge in [-0.25, -0.2) is 4.79 Å². The summed E-state index contributed by atoms with van der Waals surface area (Å²) in [6.45, 7) is 8.05. The number of aryl methyl sites for hydroxylation is 1. The molecule has 5 rings (SSSR count). The van der Waals surface area contributed by atoms with Crippen molar-refractivity contribution in [3.63, 3.8) is 0 Å². The first-order valence-electron chi connectivity index (χ1n) is 13.5. The molecular formula is C32H35N3O4S. The highest BCUT2D eigenvalue weighted by Gasteiger charge is 2.47. The first-order chi connectivity index (χ1) is 19.0. The summed E-state index contributed by atoms with van der Waals surface area (Å²) >= 11 is 1.69. The maximum Gasteiger partial charge on any atom is 0.410 e. The number of aromatic nitrogens is 1. The van der Waals surface area contributed by atoms with Crippen molar-refractivity contribution in [3.8, 4) is 16.2 Å². The van der Waals surface area contributed by atoms with E-state index in [9.17, 15) is 9.59 Å². The van der Waals surface area contributed by atoms with Crippen molar-refractivity contribution in [3.05, 3.63) is 82.9 Å². The fourth-order valence-corrected chi connectivity index (χ4v) is 5.42. The molecule has 1 fully saturated rings. The van der Waals surface area contributed by atoms with Crippen LogP contribution in [0.15, 0.2) is 66.2 Å². The van der Waals surface area contributed by atoms with Crippen molar-refractivity contribution >= 4 is 34.2 Å². The Morgan fingerprint density at radius 2 is 1.90 bits per heavy atom. The van der Waals surface area contributed by atoms with E-state index in [4.69, 9.17) is 9.47 Å².